The molecule has 0 aromatic heterocycles. The van der Waals surface area contributed by atoms with Gasteiger partial charge in [-0.1, -0.05) is 0 Å². The van der Waals surface area contributed by atoms with Gasteiger partial charge >= 0.3 is 0 Å². The molecule has 0 rings (SSSR count). The van der Waals surface area contributed by atoms with Crippen molar-refractivity contribution >= 4 is 24.1 Å². The Labute approximate surface area is 53.7 Å². The van der Waals surface area contributed by atoms with Crippen molar-refractivity contribution in [3.8, 4) is 0 Å². The highest BCUT2D eigenvalue weighted by Gasteiger charge is 1.95. The van der Waals surface area contributed by atoms with E-state index in [9.17, 15) is 9.59 Å². The Kier molecular flexibility index (Phi) is 5.97. The molecule has 4 heteroatoms. The van der Waals surface area contributed by atoms with Gasteiger partial charge in [0.2, 0.25) is 5.91 Å². The molecule has 0 heterocycles. The van der Waals surface area contributed by atoms with Gasteiger partial charge in [-0.05, 0) is 6.92 Å². The zero-order valence-electron chi connectivity index (χ0n) is 4.51. The Bertz CT molecular complexity index is 90.2. The molecule has 1 amide bonds. The SMILES string of the molecule is CC(=O)CC(N)=O.Cl. The molecule has 48 valence electrons. The molecular formula is C4H8ClNO2. The largest absolute Gasteiger partial charge is 0.369 e. The molecule has 3 nitrogen and oxygen atoms in total. The van der Waals surface area contributed by atoms with E-state index in [0.29, 0.717) is 0 Å². The number of amides is 1. The van der Waals surface area contributed by atoms with Crippen LogP contribution >= 0.6 is 12.4 Å². The topological polar surface area (TPSA) is 60.2 Å². The van der Waals surface area contributed by atoms with Crippen molar-refractivity contribution in [2.24, 2.45) is 5.73 Å². The van der Waals surface area contributed by atoms with Crippen LogP contribution in [0.4, 0.5) is 0 Å². The molecule has 0 aliphatic carbocycles. The second-order valence-corrected chi connectivity index (χ2v) is 1.35. The van der Waals surface area contributed by atoms with Gasteiger partial charge in [0.1, 0.15) is 5.78 Å². The van der Waals surface area contributed by atoms with Crippen LogP contribution in [0.15, 0.2) is 0 Å². The normalized spacial score (nSPS) is 7.12. The minimum atomic E-state index is -0.562. The first-order valence-corrected chi connectivity index (χ1v) is 1.90. The minimum Gasteiger partial charge on any atom is -0.369 e. The van der Waals surface area contributed by atoms with Gasteiger partial charge in [0, 0.05) is 0 Å². The molecule has 0 aliphatic heterocycles. The van der Waals surface area contributed by atoms with Gasteiger partial charge in [0.25, 0.3) is 0 Å². The molecule has 0 unspecified atom stereocenters. The molecule has 0 bridgehead atoms. The monoisotopic (exact) mass is 137 g/mol. The van der Waals surface area contributed by atoms with E-state index in [-0.39, 0.29) is 24.6 Å². The van der Waals surface area contributed by atoms with Gasteiger partial charge in [-0.3, -0.25) is 9.59 Å². The first kappa shape index (κ1) is 10.4. The summed E-state index contributed by atoms with van der Waals surface area (Å²) in [5.74, 6) is -0.750. The van der Waals surface area contributed by atoms with E-state index in [1.165, 1.54) is 6.92 Å². The highest BCUT2D eigenvalue weighted by Crippen LogP contribution is 1.75. The van der Waals surface area contributed by atoms with E-state index in [1.807, 2.05) is 0 Å². The summed E-state index contributed by atoms with van der Waals surface area (Å²) >= 11 is 0. The van der Waals surface area contributed by atoms with Crippen molar-refractivity contribution < 1.29 is 9.59 Å². The number of nitrogens with two attached hydrogens (primary N) is 1. The van der Waals surface area contributed by atoms with E-state index in [2.05, 4.69) is 5.73 Å². The summed E-state index contributed by atoms with van der Waals surface area (Å²) in [6, 6.07) is 0. The lowest BCUT2D eigenvalue weighted by atomic mass is 10.3. The predicted octanol–water partition coefficient (Wildman–Crippen LogP) is -0.127. The number of rotatable bonds is 2. The van der Waals surface area contributed by atoms with Gasteiger partial charge in [0.05, 0.1) is 6.42 Å². The van der Waals surface area contributed by atoms with Crippen LogP contribution in [-0.4, -0.2) is 11.7 Å². The average Bonchev–Trinajstić information content (AvgIpc) is 1.27. The number of carbonyl (C=O) groups is 2. The summed E-state index contributed by atoms with van der Waals surface area (Å²) in [5.41, 5.74) is 4.63. The van der Waals surface area contributed by atoms with Crippen molar-refractivity contribution in [1.82, 2.24) is 0 Å². The van der Waals surface area contributed by atoms with Crippen LogP contribution < -0.4 is 5.73 Å². The third-order valence-electron chi connectivity index (χ3n) is 0.423. The van der Waals surface area contributed by atoms with Gasteiger partial charge < -0.3 is 5.73 Å². The summed E-state index contributed by atoms with van der Waals surface area (Å²) in [5, 5.41) is 0. The fourth-order valence-electron chi connectivity index (χ4n) is 0.245. The van der Waals surface area contributed by atoms with Crippen LogP contribution in [0.3, 0.4) is 0 Å². The third-order valence-corrected chi connectivity index (χ3v) is 0.423. The molecule has 0 spiro atoms. The van der Waals surface area contributed by atoms with Crippen molar-refractivity contribution in [3.05, 3.63) is 0 Å². The summed E-state index contributed by atoms with van der Waals surface area (Å²) < 4.78 is 0. The van der Waals surface area contributed by atoms with E-state index < -0.39 is 5.91 Å². The summed E-state index contributed by atoms with van der Waals surface area (Å²) in [6.07, 6.45) is -0.139. The van der Waals surface area contributed by atoms with Crippen LogP contribution in [0, 0.1) is 0 Å². The van der Waals surface area contributed by atoms with E-state index in [0.717, 1.165) is 0 Å². The minimum absolute atomic E-state index is 0. The standard InChI is InChI=1S/C4H7NO2.ClH/c1-3(6)2-4(5)7;/h2H2,1H3,(H2,5,7);1H. The second kappa shape index (κ2) is 4.59. The fourth-order valence-corrected chi connectivity index (χ4v) is 0.245. The van der Waals surface area contributed by atoms with Gasteiger partial charge in [-0.25, -0.2) is 0 Å². The molecule has 0 radical (unpaired) electrons. The zero-order valence-corrected chi connectivity index (χ0v) is 5.33. The van der Waals surface area contributed by atoms with E-state index in [1.54, 1.807) is 0 Å². The highest BCUT2D eigenvalue weighted by atomic mass is 35.5. The highest BCUT2D eigenvalue weighted by molar-refractivity contribution is 5.95. The van der Waals surface area contributed by atoms with Crippen molar-refractivity contribution in [2.45, 2.75) is 13.3 Å². The lowest BCUT2D eigenvalue weighted by molar-refractivity contribution is -0.125. The van der Waals surface area contributed by atoms with Crippen molar-refractivity contribution in [1.29, 1.82) is 0 Å². The van der Waals surface area contributed by atoms with Crippen LogP contribution in [0.2, 0.25) is 0 Å². The summed E-state index contributed by atoms with van der Waals surface area (Å²) in [7, 11) is 0. The van der Waals surface area contributed by atoms with E-state index in [4.69, 9.17) is 0 Å². The molecule has 0 aromatic carbocycles. The Hall–Kier alpha value is -0.570. The van der Waals surface area contributed by atoms with Crippen LogP contribution in [-0.2, 0) is 9.59 Å². The van der Waals surface area contributed by atoms with E-state index >= 15 is 0 Å². The molecule has 0 saturated carbocycles. The third kappa shape index (κ3) is 9.06. The number of hydrogen-bond acceptors (Lipinski definition) is 2. The fraction of sp³-hybridized carbons (Fsp3) is 0.500. The van der Waals surface area contributed by atoms with Gasteiger partial charge in [-0.2, -0.15) is 0 Å². The van der Waals surface area contributed by atoms with Crippen molar-refractivity contribution in [2.75, 3.05) is 0 Å². The Morgan fingerprint density at radius 3 is 1.88 bits per heavy atom. The molecular weight excluding hydrogens is 130 g/mol. The average molecular weight is 138 g/mol. The molecule has 2 N–H and O–H groups in total. The maximum atomic E-state index is 9.95. The number of ketones is 1. The maximum Gasteiger partial charge on any atom is 0.224 e. The maximum absolute atomic E-state index is 9.95. The summed E-state index contributed by atoms with van der Waals surface area (Å²) in [6.45, 7) is 1.32. The number of halogens is 1. The number of primary amides is 1. The lowest BCUT2D eigenvalue weighted by Gasteiger charge is -1.82. The van der Waals surface area contributed by atoms with Gasteiger partial charge in [-0.15, -0.1) is 12.4 Å². The molecule has 8 heavy (non-hydrogen) atoms. The van der Waals surface area contributed by atoms with Gasteiger partial charge in [0.15, 0.2) is 0 Å². The molecule has 0 saturated heterocycles. The van der Waals surface area contributed by atoms with Crippen molar-refractivity contribution in [3.63, 3.8) is 0 Å². The number of Topliss-reactive ketones (excluding diaryl/α,β-unsaturated/α-hetero) is 1. The molecule has 0 aliphatic rings. The quantitative estimate of drug-likeness (QED) is 0.539. The zero-order chi connectivity index (χ0) is 5.86. The smallest absolute Gasteiger partial charge is 0.224 e. The summed E-state index contributed by atoms with van der Waals surface area (Å²) in [4.78, 5) is 19.8. The Morgan fingerprint density at radius 2 is 1.88 bits per heavy atom. The Morgan fingerprint density at radius 1 is 1.50 bits per heavy atom. The molecule has 0 fully saturated rings. The predicted molar refractivity (Wildman–Crippen MR) is 31.7 cm³/mol. The van der Waals surface area contributed by atoms with Crippen LogP contribution in [0.25, 0.3) is 0 Å². The first-order chi connectivity index (χ1) is 3.13. The molecule has 0 aromatic rings. The second-order valence-electron chi connectivity index (χ2n) is 1.35. The van der Waals surface area contributed by atoms with Crippen LogP contribution in [0.1, 0.15) is 13.3 Å². The first-order valence-electron chi connectivity index (χ1n) is 1.90. The number of hydrogen-bond donors (Lipinski definition) is 1. The lowest BCUT2D eigenvalue weighted by Crippen LogP contribution is -2.13. The Balaban J connectivity index is 0. The van der Waals surface area contributed by atoms with Crippen LogP contribution in [0.5, 0.6) is 0 Å². The molecule has 0 atom stereocenters. The number of carbonyl (C=O) groups excluding carboxylic acids is 2.